The number of hydrogen-bond donors (Lipinski definition) is 4. The number of hydrazine groups is 1. The van der Waals surface area contributed by atoms with E-state index in [0.717, 1.165) is 15.3 Å². The first-order chi connectivity index (χ1) is 12.6. The van der Waals surface area contributed by atoms with Crippen molar-refractivity contribution in [3.8, 4) is 21.8 Å². The van der Waals surface area contributed by atoms with E-state index in [9.17, 15) is 4.79 Å². The zero-order valence-electron chi connectivity index (χ0n) is 13.9. The Balaban J connectivity index is 2.05. The Labute approximate surface area is 152 Å². The van der Waals surface area contributed by atoms with Crippen LogP contribution in [0.25, 0.3) is 33.0 Å². The number of nitrogens with zero attached hydrogens (tertiary/aromatic N) is 2. The molecule has 26 heavy (non-hydrogen) atoms. The number of pyridine rings is 1. The molecule has 4 aromatic rings. The van der Waals surface area contributed by atoms with Gasteiger partial charge in [-0.25, -0.2) is 9.97 Å². The Kier molecular flexibility index (Phi) is 3.90. The number of rotatable bonds is 3. The molecule has 0 bridgehead atoms. The number of H-pyrrole nitrogens is 1. The molecule has 1 aromatic carbocycles. The van der Waals surface area contributed by atoms with Crippen LogP contribution in [0.2, 0.25) is 0 Å². The van der Waals surface area contributed by atoms with Crippen LogP contribution in [0.1, 0.15) is 4.88 Å². The van der Waals surface area contributed by atoms with Crippen molar-refractivity contribution in [1.82, 2.24) is 15.0 Å². The van der Waals surface area contributed by atoms with Crippen LogP contribution in [0.4, 0.5) is 11.4 Å². The van der Waals surface area contributed by atoms with E-state index in [0.29, 0.717) is 33.9 Å². The molecule has 4 rings (SSSR count). The first-order valence-electron chi connectivity index (χ1n) is 7.89. The minimum atomic E-state index is -0.186. The first-order valence-corrected chi connectivity index (χ1v) is 8.71. The molecule has 0 unspecified atom stereocenters. The molecule has 3 aromatic heterocycles. The number of anilines is 2. The third-order valence-corrected chi connectivity index (χ3v) is 5.05. The highest BCUT2D eigenvalue weighted by Crippen LogP contribution is 2.35. The molecular weight excluding hydrogens is 348 g/mol. The molecular formula is C18H16N6OS. The highest BCUT2D eigenvalue weighted by Gasteiger charge is 2.17. The molecule has 0 amide bonds. The summed E-state index contributed by atoms with van der Waals surface area (Å²) in [6.45, 7) is 2.03. The number of benzene rings is 1. The molecule has 0 aliphatic rings. The van der Waals surface area contributed by atoms with Gasteiger partial charge in [-0.15, -0.1) is 11.3 Å². The molecule has 0 radical (unpaired) electrons. The number of hydrogen-bond acceptors (Lipinski definition) is 7. The van der Waals surface area contributed by atoms with Gasteiger partial charge in [-0.3, -0.25) is 10.6 Å². The van der Waals surface area contributed by atoms with Crippen LogP contribution in [0.3, 0.4) is 0 Å². The molecule has 0 aliphatic carbocycles. The van der Waals surface area contributed by atoms with Crippen molar-refractivity contribution in [3.05, 3.63) is 57.7 Å². The lowest BCUT2D eigenvalue weighted by Crippen LogP contribution is -2.09. The molecule has 7 nitrogen and oxygen atoms in total. The van der Waals surface area contributed by atoms with E-state index in [2.05, 4.69) is 20.4 Å². The molecule has 0 fully saturated rings. The van der Waals surface area contributed by atoms with Gasteiger partial charge in [0.05, 0.1) is 21.9 Å². The number of nitrogen functional groups attached to an aromatic ring is 2. The number of aromatic amines is 1. The average molecular weight is 364 g/mol. The monoisotopic (exact) mass is 364 g/mol. The lowest BCUT2D eigenvalue weighted by atomic mass is 10.1. The highest BCUT2D eigenvalue weighted by molar-refractivity contribution is 7.15. The summed E-state index contributed by atoms with van der Waals surface area (Å²) in [5, 5.41) is 0. The highest BCUT2D eigenvalue weighted by atomic mass is 32.1. The summed E-state index contributed by atoms with van der Waals surface area (Å²) >= 11 is 1.62. The van der Waals surface area contributed by atoms with E-state index in [1.807, 2.05) is 25.1 Å². The standard InChI is InChI=1S/C18H16N6OS/c1-9-2-5-14(26-9)17-15(10-3-4-11(19)12(8-10)24-20)22-16-13(25)6-7-21-18(16)23-17/h2-8,24H,19-20H2,1H3,(H,21,23,25). The topological polar surface area (TPSA) is 123 Å². The third kappa shape index (κ3) is 2.71. The average Bonchev–Trinajstić information content (AvgIpc) is 3.08. The first kappa shape index (κ1) is 16.2. The second-order valence-electron chi connectivity index (χ2n) is 5.82. The summed E-state index contributed by atoms with van der Waals surface area (Å²) in [5.74, 6) is 5.55. The van der Waals surface area contributed by atoms with E-state index in [4.69, 9.17) is 11.6 Å². The largest absolute Gasteiger partial charge is 0.397 e. The number of nitrogens with one attached hydrogen (secondary N) is 2. The van der Waals surface area contributed by atoms with Gasteiger partial charge in [-0.05, 0) is 31.2 Å². The Morgan fingerprint density at radius 3 is 2.69 bits per heavy atom. The summed E-state index contributed by atoms with van der Waals surface area (Å²) in [7, 11) is 0. The van der Waals surface area contributed by atoms with Gasteiger partial charge in [0.15, 0.2) is 11.2 Å². The maximum Gasteiger partial charge on any atom is 0.209 e. The van der Waals surface area contributed by atoms with Gasteiger partial charge in [-0.2, -0.15) is 0 Å². The molecule has 8 heteroatoms. The quantitative estimate of drug-likeness (QED) is 0.252. The fourth-order valence-corrected chi connectivity index (χ4v) is 3.60. The molecule has 0 spiro atoms. The lowest BCUT2D eigenvalue weighted by Gasteiger charge is -2.11. The normalized spacial score (nSPS) is 11.0. The van der Waals surface area contributed by atoms with E-state index in [1.165, 1.54) is 6.07 Å². The fraction of sp³-hybridized carbons (Fsp3) is 0.0556. The van der Waals surface area contributed by atoms with Crippen molar-refractivity contribution < 1.29 is 0 Å². The Morgan fingerprint density at radius 2 is 1.96 bits per heavy atom. The Hall–Kier alpha value is -3.23. The molecule has 0 saturated carbocycles. The van der Waals surface area contributed by atoms with E-state index in [-0.39, 0.29) is 5.43 Å². The number of aromatic nitrogens is 3. The fourth-order valence-electron chi connectivity index (χ4n) is 2.75. The van der Waals surface area contributed by atoms with E-state index in [1.54, 1.807) is 29.7 Å². The van der Waals surface area contributed by atoms with Crippen molar-refractivity contribution in [3.63, 3.8) is 0 Å². The van der Waals surface area contributed by atoms with Crippen molar-refractivity contribution in [2.75, 3.05) is 11.2 Å². The van der Waals surface area contributed by atoms with Gasteiger partial charge in [-0.1, -0.05) is 6.07 Å². The van der Waals surface area contributed by atoms with Gasteiger partial charge in [0.25, 0.3) is 0 Å². The molecule has 0 atom stereocenters. The maximum atomic E-state index is 12.2. The van der Waals surface area contributed by atoms with Gasteiger partial charge >= 0.3 is 0 Å². The van der Waals surface area contributed by atoms with Crippen molar-refractivity contribution >= 4 is 33.9 Å². The number of aryl methyl sites for hydroxylation is 1. The molecule has 130 valence electrons. The van der Waals surface area contributed by atoms with Crippen LogP contribution in [0, 0.1) is 6.92 Å². The van der Waals surface area contributed by atoms with E-state index < -0.39 is 0 Å². The lowest BCUT2D eigenvalue weighted by molar-refractivity contribution is 1.22. The van der Waals surface area contributed by atoms with Crippen LogP contribution < -0.4 is 22.4 Å². The summed E-state index contributed by atoms with van der Waals surface area (Å²) in [5.41, 5.74) is 12.2. The van der Waals surface area contributed by atoms with Gasteiger partial charge in [0.2, 0.25) is 5.43 Å². The summed E-state index contributed by atoms with van der Waals surface area (Å²) < 4.78 is 0. The molecule has 0 saturated heterocycles. The predicted molar refractivity (Wildman–Crippen MR) is 106 cm³/mol. The SMILES string of the molecule is Cc1ccc(-c2nc3[nH]ccc(=O)c3nc2-c2ccc(N)c(NN)c2)s1. The third-order valence-electron chi connectivity index (χ3n) is 4.04. The summed E-state index contributed by atoms with van der Waals surface area (Å²) in [6.07, 6.45) is 1.57. The van der Waals surface area contributed by atoms with Crippen molar-refractivity contribution in [2.45, 2.75) is 6.92 Å². The van der Waals surface area contributed by atoms with Crippen LogP contribution in [-0.2, 0) is 0 Å². The zero-order valence-corrected chi connectivity index (χ0v) is 14.7. The number of nitrogens with two attached hydrogens (primary N) is 2. The molecule has 6 N–H and O–H groups in total. The van der Waals surface area contributed by atoms with Crippen molar-refractivity contribution in [2.24, 2.45) is 5.84 Å². The summed E-state index contributed by atoms with van der Waals surface area (Å²) in [4.78, 5) is 26.7. The van der Waals surface area contributed by atoms with Gasteiger partial charge in [0.1, 0.15) is 5.69 Å². The van der Waals surface area contributed by atoms with Crippen molar-refractivity contribution in [1.29, 1.82) is 0 Å². The molecule has 0 aliphatic heterocycles. The number of thiophene rings is 1. The smallest absolute Gasteiger partial charge is 0.209 e. The van der Waals surface area contributed by atoms with Gasteiger partial charge in [0, 0.05) is 22.7 Å². The minimum Gasteiger partial charge on any atom is -0.397 e. The summed E-state index contributed by atoms with van der Waals surface area (Å²) in [6, 6.07) is 10.8. The zero-order chi connectivity index (χ0) is 18.3. The minimum absolute atomic E-state index is 0.186. The Morgan fingerprint density at radius 1 is 1.12 bits per heavy atom. The van der Waals surface area contributed by atoms with Crippen LogP contribution in [0.15, 0.2) is 47.4 Å². The second kappa shape index (κ2) is 6.25. The maximum absolute atomic E-state index is 12.2. The van der Waals surface area contributed by atoms with Crippen LogP contribution in [0.5, 0.6) is 0 Å². The van der Waals surface area contributed by atoms with Gasteiger partial charge < -0.3 is 16.1 Å². The predicted octanol–water partition coefficient (Wildman–Crippen LogP) is 2.89. The van der Waals surface area contributed by atoms with Crippen LogP contribution in [-0.4, -0.2) is 15.0 Å². The Bertz CT molecular complexity index is 1180. The van der Waals surface area contributed by atoms with E-state index >= 15 is 0 Å². The number of fused-ring (bicyclic) bond motifs is 1. The second-order valence-corrected chi connectivity index (χ2v) is 7.10. The molecule has 3 heterocycles. The van der Waals surface area contributed by atoms with Crippen LogP contribution >= 0.6 is 11.3 Å².